The van der Waals surface area contributed by atoms with Crippen LogP contribution in [0.1, 0.15) is 42.9 Å². The van der Waals surface area contributed by atoms with E-state index in [1.54, 1.807) is 0 Å². The van der Waals surface area contributed by atoms with Crippen molar-refractivity contribution >= 4 is 11.6 Å². The van der Waals surface area contributed by atoms with Crippen LogP contribution in [0.25, 0.3) is 0 Å². The number of hydrogen-bond acceptors (Lipinski definition) is 5. The van der Waals surface area contributed by atoms with E-state index in [1.807, 2.05) is 68.4 Å². The van der Waals surface area contributed by atoms with Crippen LogP contribution in [0.5, 0.6) is 17.2 Å². The maximum atomic E-state index is 12.6. The molecule has 0 saturated heterocycles. The topological polar surface area (TPSA) is 73.9 Å². The predicted molar refractivity (Wildman–Crippen MR) is 128 cm³/mol. The summed E-state index contributed by atoms with van der Waals surface area (Å²) in [6.45, 7) is 4.77. The van der Waals surface area contributed by atoms with Crippen LogP contribution in [0.3, 0.4) is 0 Å². The molecule has 3 N–H and O–H groups in total. The van der Waals surface area contributed by atoms with Crippen LogP contribution in [0, 0.1) is 0 Å². The molecule has 0 amide bonds. The molecule has 1 fully saturated rings. The van der Waals surface area contributed by atoms with E-state index < -0.39 is 17.2 Å². The summed E-state index contributed by atoms with van der Waals surface area (Å²) in [6, 6.07) is 20.6. The Balaban J connectivity index is 1.79. The molecule has 172 valence electrons. The number of benzene rings is 3. The number of hydrogen-bond donors (Lipinski definition) is 2. The first-order valence-electron chi connectivity index (χ1n) is 11.4. The molecule has 4 atom stereocenters. The number of rotatable bonds is 6. The lowest BCUT2D eigenvalue weighted by Crippen LogP contribution is -2.54. The zero-order chi connectivity index (χ0) is 23.2. The third-order valence-corrected chi connectivity index (χ3v) is 7.11. The maximum absolute atomic E-state index is 12.6. The molecule has 5 rings (SSSR count). The van der Waals surface area contributed by atoms with Crippen LogP contribution in [0.15, 0.2) is 66.7 Å². The van der Waals surface area contributed by atoms with E-state index in [0.29, 0.717) is 47.5 Å². The Hall–Kier alpha value is -2.73. The second-order valence-electron chi connectivity index (χ2n) is 8.58. The van der Waals surface area contributed by atoms with Crippen molar-refractivity contribution in [2.24, 2.45) is 5.73 Å². The number of aliphatic hydroxyl groups is 1. The van der Waals surface area contributed by atoms with Gasteiger partial charge < -0.3 is 25.1 Å². The first kappa shape index (κ1) is 22.1. The zero-order valence-corrected chi connectivity index (χ0v) is 19.5. The van der Waals surface area contributed by atoms with E-state index in [1.165, 1.54) is 0 Å². The first-order valence-corrected chi connectivity index (χ1v) is 11.8. The lowest BCUT2D eigenvalue weighted by atomic mass is 9.71. The first-order chi connectivity index (χ1) is 16.0. The van der Waals surface area contributed by atoms with Crippen LogP contribution < -0.4 is 19.9 Å². The molecule has 1 aliphatic carbocycles. The smallest absolute Gasteiger partial charge is 0.175 e. The molecule has 0 unspecified atom stereocenters. The molecular weight excluding hydrogens is 438 g/mol. The van der Waals surface area contributed by atoms with Gasteiger partial charge in [-0.2, -0.15) is 0 Å². The van der Waals surface area contributed by atoms with Crippen molar-refractivity contribution in [3.63, 3.8) is 0 Å². The molecule has 3 aromatic rings. The number of ether oxygens (including phenoxy) is 3. The molecule has 0 bridgehead atoms. The fourth-order valence-electron chi connectivity index (χ4n) is 5.60. The summed E-state index contributed by atoms with van der Waals surface area (Å²) in [5.74, 6) is 1.48. The largest absolute Gasteiger partial charge is 0.494 e. The average molecular weight is 466 g/mol. The Morgan fingerprint density at radius 3 is 2.39 bits per heavy atom. The van der Waals surface area contributed by atoms with E-state index in [-0.39, 0.29) is 5.92 Å². The molecule has 0 spiro atoms. The van der Waals surface area contributed by atoms with Gasteiger partial charge in [-0.05, 0) is 43.5 Å². The van der Waals surface area contributed by atoms with Crippen molar-refractivity contribution < 1.29 is 19.3 Å². The number of halogens is 1. The van der Waals surface area contributed by atoms with Gasteiger partial charge in [0, 0.05) is 29.1 Å². The van der Waals surface area contributed by atoms with E-state index in [0.717, 1.165) is 11.1 Å². The van der Waals surface area contributed by atoms with E-state index in [2.05, 4.69) is 12.1 Å². The highest BCUT2D eigenvalue weighted by Gasteiger charge is 2.72. The molecule has 3 aromatic carbocycles. The zero-order valence-electron chi connectivity index (χ0n) is 18.8. The van der Waals surface area contributed by atoms with Crippen molar-refractivity contribution in [3.05, 3.63) is 88.4 Å². The molecule has 33 heavy (non-hydrogen) atoms. The Labute approximate surface area is 199 Å². The SMILES string of the molecule is CCOc1cc(OCC)c2c(c1)O[C@@]1(c3ccc(Cl)cc3)[C@H](c3ccccc3)C[C@@H](N)[C@@]21O. The van der Waals surface area contributed by atoms with Gasteiger partial charge in [0.15, 0.2) is 11.2 Å². The minimum atomic E-state index is -1.52. The van der Waals surface area contributed by atoms with Crippen molar-refractivity contribution in [1.29, 1.82) is 0 Å². The molecule has 0 aromatic heterocycles. The molecule has 1 heterocycles. The van der Waals surface area contributed by atoms with Gasteiger partial charge in [0.2, 0.25) is 0 Å². The summed E-state index contributed by atoms with van der Waals surface area (Å²) in [4.78, 5) is 0. The fraction of sp³-hybridized carbons (Fsp3) is 0.333. The van der Waals surface area contributed by atoms with E-state index >= 15 is 0 Å². The van der Waals surface area contributed by atoms with Crippen molar-refractivity contribution in [3.8, 4) is 17.2 Å². The van der Waals surface area contributed by atoms with Gasteiger partial charge in [-0.3, -0.25) is 0 Å². The second kappa shape index (κ2) is 8.24. The summed E-state index contributed by atoms with van der Waals surface area (Å²) >= 11 is 6.22. The van der Waals surface area contributed by atoms with Crippen LogP contribution in [-0.2, 0) is 11.2 Å². The lowest BCUT2D eigenvalue weighted by molar-refractivity contribution is -0.113. The lowest BCUT2D eigenvalue weighted by Gasteiger charge is -2.41. The Morgan fingerprint density at radius 2 is 1.73 bits per heavy atom. The standard InChI is InChI=1S/C27H28ClNO4/c1-3-31-20-14-22(32-4-2)25-23(15-20)33-27(18-10-12-19(28)13-11-18)21(16-24(29)26(25,27)30)17-8-6-5-7-9-17/h5-15,21,24,30H,3-4,16,29H2,1-2H3/t21-,24+,26+,27-/m0/s1. The normalized spacial score (nSPS) is 27.5. The maximum Gasteiger partial charge on any atom is 0.175 e. The molecule has 1 saturated carbocycles. The summed E-state index contributed by atoms with van der Waals surface area (Å²) in [5.41, 5.74) is 6.53. The monoisotopic (exact) mass is 465 g/mol. The number of nitrogens with two attached hydrogens (primary N) is 1. The fourth-order valence-corrected chi connectivity index (χ4v) is 5.73. The quantitative estimate of drug-likeness (QED) is 0.528. The predicted octanol–water partition coefficient (Wildman–Crippen LogP) is 5.13. The average Bonchev–Trinajstić information content (AvgIpc) is 3.21. The van der Waals surface area contributed by atoms with Crippen LogP contribution in [0.2, 0.25) is 5.02 Å². The molecule has 1 aliphatic heterocycles. The van der Waals surface area contributed by atoms with Crippen LogP contribution >= 0.6 is 11.6 Å². The van der Waals surface area contributed by atoms with Crippen LogP contribution in [-0.4, -0.2) is 24.4 Å². The molecular formula is C27H28ClNO4. The third kappa shape index (κ3) is 3.14. The Kier molecular flexibility index (Phi) is 5.52. The van der Waals surface area contributed by atoms with Gasteiger partial charge >= 0.3 is 0 Å². The number of fused-ring (bicyclic) bond motifs is 3. The van der Waals surface area contributed by atoms with Crippen molar-refractivity contribution in [2.75, 3.05) is 13.2 Å². The minimum Gasteiger partial charge on any atom is -0.494 e. The van der Waals surface area contributed by atoms with Gasteiger partial charge in [0.1, 0.15) is 17.2 Å². The summed E-state index contributed by atoms with van der Waals surface area (Å²) < 4.78 is 18.6. The summed E-state index contributed by atoms with van der Waals surface area (Å²) in [6.07, 6.45) is 0.543. The summed E-state index contributed by atoms with van der Waals surface area (Å²) in [5, 5.41) is 13.2. The second-order valence-corrected chi connectivity index (χ2v) is 9.01. The molecule has 2 aliphatic rings. The molecule has 6 heteroatoms. The molecule has 0 radical (unpaired) electrons. The van der Waals surface area contributed by atoms with Crippen molar-refractivity contribution in [1.82, 2.24) is 0 Å². The molecule has 5 nitrogen and oxygen atoms in total. The van der Waals surface area contributed by atoms with Gasteiger partial charge in [-0.25, -0.2) is 0 Å². The third-order valence-electron chi connectivity index (χ3n) is 6.86. The Morgan fingerprint density at radius 1 is 1.03 bits per heavy atom. The van der Waals surface area contributed by atoms with Gasteiger partial charge in [-0.1, -0.05) is 54.1 Å². The highest BCUT2D eigenvalue weighted by atomic mass is 35.5. The highest BCUT2D eigenvalue weighted by Crippen LogP contribution is 2.68. The van der Waals surface area contributed by atoms with Gasteiger partial charge in [0.05, 0.1) is 18.8 Å². The van der Waals surface area contributed by atoms with Crippen molar-refractivity contribution in [2.45, 2.75) is 43.4 Å². The van der Waals surface area contributed by atoms with Gasteiger partial charge in [-0.15, -0.1) is 0 Å². The minimum absolute atomic E-state index is 0.197. The Bertz CT molecular complexity index is 1150. The van der Waals surface area contributed by atoms with Crippen LogP contribution in [0.4, 0.5) is 0 Å². The van der Waals surface area contributed by atoms with Gasteiger partial charge in [0.25, 0.3) is 0 Å². The summed E-state index contributed by atoms with van der Waals surface area (Å²) in [7, 11) is 0. The van der Waals surface area contributed by atoms with E-state index in [4.69, 9.17) is 31.5 Å². The van der Waals surface area contributed by atoms with E-state index in [9.17, 15) is 5.11 Å². The highest BCUT2D eigenvalue weighted by molar-refractivity contribution is 6.30.